The van der Waals surface area contributed by atoms with Gasteiger partial charge in [-0.3, -0.25) is 4.79 Å². The summed E-state index contributed by atoms with van der Waals surface area (Å²) in [6.07, 6.45) is 0.780. The Morgan fingerprint density at radius 1 is 0.880 bits per heavy atom. The minimum absolute atomic E-state index is 0.103. The Labute approximate surface area is 153 Å². The van der Waals surface area contributed by atoms with Gasteiger partial charge in [0.2, 0.25) is 0 Å². The second kappa shape index (κ2) is 11.4. The second-order valence-electron chi connectivity index (χ2n) is 6.60. The van der Waals surface area contributed by atoms with Crippen LogP contribution in [-0.2, 0) is 31.4 Å². The van der Waals surface area contributed by atoms with E-state index in [4.69, 9.17) is 31.7 Å². The highest BCUT2D eigenvalue weighted by atomic mass is 28.4. The minimum atomic E-state index is -3.09. The molecule has 0 aromatic rings. The van der Waals surface area contributed by atoms with E-state index in [9.17, 15) is 4.79 Å². The smallest absolute Gasteiger partial charge is 0.481 e. The Morgan fingerprint density at radius 2 is 1.32 bits per heavy atom. The molecular formula is C14H34NO8Si2+. The Morgan fingerprint density at radius 3 is 1.68 bits per heavy atom. The number of hydrogen-bond donors (Lipinski definition) is 1. The van der Waals surface area contributed by atoms with Crippen molar-refractivity contribution in [3.63, 3.8) is 0 Å². The Hall–Kier alpha value is -0.376. The van der Waals surface area contributed by atoms with Gasteiger partial charge in [0, 0.05) is 53.4 Å². The maximum atomic E-state index is 10.8. The van der Waals surface area contributed by atoms with Gasteiger partial charge < -0.3 is 36.1 Å². The van der Waals surface area contributed by atoms with Crippen molar-refractivity contribution in [1.29, 1.82) is 0 Å². The highest BCUT2D eigenvalue weighted by molar-refractivity contribution is 6.61. The van der Waals surface area contributed by atoms with E-state index in [1.165, 1.54) is 14.2 Å². The molecule has 0 amide bonds. The van der Waals surface area contributed by atoms with Crippen LogP contribution in [0.5, 0.6) is 0 Å². The van der Waals surface area contributed by atoms with E-state index in [0.717, 1.165) is 17.4 Å². The maximum absolute atomic E-state index is 10.8. The van der Waals surface area contributed by atoms with Crippen LogP contribution in [-0.4, -0.2) is 96.1 Å². The van der Waals surface area contributed by atoms with Gasteiger partial charge in [0.1, 0.15) is 6.79 Å². The van der Waals surface area contributed by atoms with Crippen molar-refractivity contribution in [2.24, 2.45) is 0 Å². The van der Waals surface area contributed by atoms with Gasteiger partial charge in [-0.05, 0) is 0 Å². The largest absolute Gasteiger partial charge is 0.502 e. The Balaban J connectivity index is 4.68. The van der Waals surface area contributed by atoms with Gasteiger partial charge in [-0.2, -0.15) is 0 Å². The summed E-state index contributed by atoms with van der Waals surface area (Å²) in [5.74, 6) is -0.937. The summed E-state index contributed by atoms with van der Waals surface area (Å²) < 4.78 is 34.0. The van der Waals surface area contributed by atoms with E-state index in [1.54, 1.807) is 14.2 Å². The van der Waals surface area contributed by atoms with E-state index >= 15 is 0 Å². The molecule has 0 aromatic carbocycles. The van der Waals surface area contributed by atoms with E-state index in [1.807, 2.05) is 0 Å². The summed E-state index contributed by atoms with van der Waals surface area (Å²) in [4.78, 5) is 10.8. The van der Waals surface area contributed by atoms with Gasteiger partial charge in [-0.1, -0.05) is 0 Å². The van der Waals surface area contributed by atoms with Crippen LogP contribution < -0.4 is 0 Å². The molecular weight excluding hydrogens is 366 g/mol. The molecule has 0 bridgehead atoms. The monoisotopic (exact) mass is 400 g/mol. The zero-order valence-electron chi connectivity index (χ0n) is 16.5. The average Bonchev–Trinajstić information content (AvgIpc) is 2.55. The van der Waals surface area contributed by atoms with Gasteiger partial charge in [-0.25, -0.2) is 0 Å². The van der Waals surface area contributed by atoms with E-state index in [-0.39, 0.29) is 19.3 Å². The fourth-order valence-electron chi connectivity index (χ4n) is 2.19. The van der Waals surface area contributed by atoms with Crippen LogP contribution in [0.3, 0.4) is 0 Å². The molecule has 0 aliphatic carbocycles. The summed E-state index contributed by atoms with van der Waals surface area (Å²) >= 11 is 0. The number of carbonyl (C=O) groups is 1. The fraction of sp³-hybridized carbons (Fsp3) is 0.929. The van der Waals surface area contributed by atoms with Crippen LogP contribution in [0, 0.1) is 0 Å². The lowest BCUT2D eigenvalue weighted by molar-refractivity contribution is -0.870. The summed E-state index contributed by atoms with van der Waals surface area (Å²) in [5.41, 5.74) is 0. The lowest BCUT2D eigenvalue weighted by Crippen LogP contribution is -2.49. The summed E-state index contributed by atoms with van der Waals surface area (Å²) in [6.45, 7) is 0.824. The summed E-state index contributed by atoms with van der Waals surface area (Å²) in [5, 5.41) is 8.85. The van der Waals surface area contributed by atoms with Crippen LogP contribution in [0.4, 0.5) is 0 Å². The number of carboxylic acids is 1. The SMILES string of the molecule is CO[Si](CCC[N+](C)(C)C)(OC)OCO[Si](CCC(=O)O)(OC)OC. The number of nitrogens with zero attached hydrogens (tertiary/aromatic N) is 1. The minimum Gasteiger partial charge on any atom is -0.481 e. The molecule has 9 nitrogen and oxygen atoms in total. The second-order valence-corrected chi connectivity index (χ2v) is 12.5. The molecule has 0 aliphatic heterocycles. The van der Waals surface area contributed by atoms with Crippen molar-refractivity contribution in [1.82, 2.24) is 0 Å². The standard InChI is InChI=1S/C14H33NO8Si2/c1-15(2,3)10-8-11-24(18-4,19-5)22-13-23-25(20-6,21-7)12-9-14(16)17/h8-13H2,1-7H3/p+1. The third-order valence-corrected chi connectivity index (χ3v) is 9.19. The Kier molecular flexibility index (Phi) is 11.2. The molecule has 0 heterocycles. The summed E-state index contributed by atoms with van der Waals surface area (Å²) in [7, 11) is 6.41. The molecule has 0 saturated heterocycles. The summed E-state index contributed by atoms with van der Waals surface area (Å²) in [6, 6.07) is 0.817. The van der Waals surface area contributed by atoms with E-state index in [2.05, 4.69) is 21.1 Å². The quantitative estimate of drug-likeness (QED) is 0.247. The molecule has 0 rings (SSSR count). The van der Waals surface area contributed by atoms with Crippen molar-refractivity contribution in [2.75, 3.05) is 62.9 Å². The molecule has 0 unspecified atom stereocenters. The lowest BCUT2D eigenvalue weighted by atomic mass is 10.4. The topological polar surface area (TPSA) is 92.7 Å². The van der Waals surface area contributed by atoms with E-state index in [0.29, 0.717) is 6.04 Å². The molecule has 0 aliphatic rings. The molecule has 1 N–H and O–H groups in total. The number of rotatable bonds is 15. The molecule has 0 aromatic heterocycles. The van der Waals surface area contributed by atoms with Crippen molar-refractivity contribution in [3.8, 4) is 0 Å². The molecule has 0 atom stereocenters. The highest BCUT2D eigenvalue weighted by Gasteiger charge is 2.43. The van der Waals surface area contributed by atoms with Gasteiger partial charge in [-0.15, -0.1) is 0 Å². The van der Waals surface area contributed by atoms with Gasteiger partial charge in [0.05, 0.1) is 27.7 Å². The van der Waals surface area contributed by atoms with Crippen LogP contribution in [0.15, 0.2) is 0 Å². The van der Waals surface area contributed by atoms with E-state index < -0.39 is 23.6 Å². The number of aliphatic carboxylic acids is 1. The third-order valence-electron chi connectivity index (χ3n) is 3.76. The first-order valence-electron chi connectivity index (χ1n) is 8.08. The maximum Gasteiger partial charge on any atom is 0.502 e. The molecule has 0 saturated carbocycles. The van der Waals surface area contributed by atoms with Crippen molar-refractivity contribution < 1.29 is 40.9 Å². The fourth-order valence-corrected chi connectivity index (χ4v) is 5.81. The molecule has 150 valence electrons. The molecule has 11 heteroatoms. The Bertz CT molecular complexity index is 384. The normalized spacial score (nSPS) is 13.2. The van der Waals surface area contributed by atoms with Crippen LogP contribution in [0.1, 0.15) is 12.8 Å². The zero-order valence-corrected chi connectivity index (χ0v) is 18.5. The van der Waals surface area contributed by atoms with Crippen molar-refractivity contribution >= 4 is 23.6 Å². The predicted molar refractivity (Wildman–Crippen MR) is 96.0 cm³/mol. The first-order valence-corrected chi connectivity index (χ1v) is 11.9. The van der Waals surface area contributed by atoms with Gasteiger partial charge in [0.25, 0.3) is 0 Å². The first-order chi connectivity index (χ1) is 11.6. The van der Waals surface area contributed by atoms with Crippen LogP contribution >= 0.6 is 0 Å². The van der Waals surface area contributed by atoms with Crippen molar-refractivity contribution in [3.05, 3.63) is 0 Å². The van der Waals surface area contributed by atoms with Crippen molar-refractivity contribution in [2.45, 2.75) is 24.9 Å². The van der Waals surface area contributed by atoms with Crippen LogP contribution in [0.2, 0.25) is 12.1 Å². The number of quaternary nitrogens is 1. The molecule has 0 fully saturated rings. The molecule has 0 radical (unpaired) electrons. The molecule has 0 spiro atoms. The third kappa shape index (κ3) is 9.77. The van der Waals surface area contributed by atoms with Gasteiger partial charge >= 0.3 is 23.6 Å². The average molecular weight is 401 g/mol. The van der Waals surface area contributed by atoms with Crippen LogP contribution in [0.25, 0.3) is 0 Å². The highest BCUT2D eigenvalue weighted by Crippen LogP contribution is 2.20. The first kappa shape index (κ1) is 24.6. The predicted octanol–water partition coefficient (Wildman–Crippen LogP) is 1.01. The number of carboxylic acid groups (broad SMARTS) is 1. The lowest BCUT2D eigenvalue weighted by Gasteiger charge is -2.31. The molecule has 25 heavy (non-hydrogen) atoms. The number of hydrogen-bond acceptors (Lipinski definition) is 7. The van der Waals surface area contributed by atoms with Gasteiger partial charge in [0.15, 0.2) is 0 Å². The zero-order chi connectivity index (χ0) is 19.6.